The summed E-state index contributed by atoms with van der Waals surface area (Å²) in [6, 6.07) is -1.08. The lowest BCUT2D eigenvalue weighted by molar-refractivity contribution is -0.0510. The normalized spacial score (nSPS) is 24.1. The molecule has 3 aliphatic rings. The van der Waals surface area contributed by atoms with Crippen LogP contribution in [0.4, 0.5) is 31.1 Å². The Morgan fingerprint density at radius 3 is 2.59 bits per heavy atom. The van der Waals surface area contributed by atoms with Crippen molar-refractivity contribution in [3.05, 3.63) is 41.1 Å². The molecule has 0 spiro atoms. The first-order valence-corrected chi connectivity index (χ1v) is 13.9. The molecule has 0 unspecified atom stereocenters. The third-order valence-corrected chi connectivity index (χ3v) is 8.33. The Hall–Kier alpha value is -3.96. The summed E-state index contributed by atoms with van der Waals surface area (Å²) in [5.74, 6) is -11.8. The molecular weight excluding hydrogens is 602 g/mol. The molecule has 12 nitrogen and oxygen atoms in total. The van der Waals surface area contributed by atoms with Gasteiger partial charge in [-0.3, -0.25) is 4.79 Å². The van der Waals surface area contributed by atoms with Crippen molar-refractivity contribution in [1.82, 2.24) is 40.4 Å². The quantitative estimate of drug-likeness (QED) is 0.340. The maximum atomic E-state index is 14.2. The minimum absolute atomic E-state index is 0.0311. The Bertz CT molecular complexity index is 1550. The Morgan fingerprint density at radius 1 is 1.18 bits per heavy atom. The minimum Gasteiger partial charge on any atom is -0.382 e. The predicted octanol–water partition coefficient (Wildman–Crippen LogP) is 3.88. The van der Waals surface area contributed by atoms with Gasteiger partial charge in [0.25, 0.3) is 17.8 Å². The van der Waals surface area contributed by atoms with Gasteiger partial charge in [0.1, 0.15) is 5.69 Å². The van der Waals surface area contributed by atoms with Gasteiger partial charge in [0, 0.05) is 31.9 Å². The lowest BCUT2D eigenvalue weighted by atomic mass is 9.81. The summed E-state index contributed by atoms with van der Waals surface area (Å²) in [5, 5.41) is 16.2. The standard InChI is InChI=1S/C26H28F6N8O4/c1-43-10-17(39-12-25(29,30)11-33-23(39)42)14-6-18-35-16(9-40(18)34-8-14)19(13-2-4-24(27,28)5-3-13)36-22(41)21-20(37-44-38-21)15-7-26(15,31)32/h6,8-9,13,15,17,19H,2-5,7,10-12H2,1H3,(H,33,42)(H,36,41)/t15-,17-,19+/m1/s1. The number of nitrogens with one attached hydrogen (secondary N) is 2. The summed E-state index contributed by atoms with van der Waals surface area (Å²) in [7, 11) is 1.35. The van der Waals surface area contributed by atoms with Crippen LogP contribution in [0.2, 0.25) is 0 Å². The van der Waals surface area contributed by atoms with Crippen LogP contribution in [0.25, 0.3) is 5.65 Å². The second-order valence-electron chi connectivity index (χ2n) is 11.5. The summed E-state index contributed by atoms with van der Waals surface area (Å²) in [5.41, 5.74) is 0.0646. The molecule has 3 atom stereocenters. The highest BCUT2D eigenvalue weighted by Gasteiger charge is 2.61. The van der Waals surface area contributed by atoms with E-state index < -0.39 is 91.7 Å². The van der Waals surface area contributed by atoms with E-state index in [2.05, 4.69) is 35.7 Å². The van der Waals surface area contributed by atoms with E-state index in [0.717, 1.165) is 4.90 Å². The van der Waals surface area contributed by atoms with Crippen LogP contribution < -0.4 is 10.6 Å². The Morgan fingerprint density at radius 2 is 1.91 bits per heavy atom. The number of hydrogen-bond donors (Lipinski definition) is 2. The summed E-state index contributed by atoms with van der Waals surface area (Å²) in [6.07, 6.45) is 1.54. The highest BCUT2D eigenvalue weighted by atomic mass is 19.3. The average Bonchev–Trinajstić information content (AvgIpc) is 3.31. The number of carbonyl (C=O) groups is 2. The van der Waals surface area contributed by atoms with Crippen LogP contribution in [-0.4, -0.2) is 86.3 Å². The fraction of sp³-hybridized carbons (Fsp3) is 0.615. The first-order valence-electron chi connectivity index (χ1n) is 13.9. The molecule has 0 radical (unpaired) electrons. The van der Waals surface area contributed by atoms with Gasteiger partial charge in [-0.15, -0.1) is 0 Å². The maximum Gasteiger partial charge on any atom is 0.318 e. The highest BCUT2D eigenvalue weighted by molar-refractivity contribution is 5.93. The van der Waals surface area contributed by atoms with Crippen molar-refractivity contribution in [2.75, 3.05) is 26.8 Å². The molecular formula is C26H28F6N8O4. The van der Waals surface area contributed by atoms with Crippen molar-refractivity contribution in [1.29, 1.82) is 0 Å². The highest BCUT2D eigenvalue weighted by Crippen LogP contribution is 2.55. The smallest absolute Gasteiger partial charge is 0.318 e. The number of ether oxygens (including phenoxy) is 1. The molecule has 3 amide bonds. The zero-order chi connectivity index (χ0) is 31.4. The van der Waals surface area contributed by atoms with Crippen molar-refractivity contribution in [2.45, 2.75) is 67.9 Å². The number of amides is 3. The van der Waals surface area contributed by atoms with Crippen LogP contribution in [0, 0.1) is 5.92 Å². The molecule has 3 aromatic rings. The SMILES string of the molecule is COC[C@H](c1cnn2cc([C@@H](NC(=O)c3nonc3[C@H]3CC3(F)F)C3CCC(F)(F)CC3)nc2c1)N1CC(F)(F)CNC1=O. The first kappa shape index (κ1) is 30.1. The Kier molecular flexibility index (Phi) is 7.44. The molecule has 238 valence electrons. The number of methoxy groups -OCH3 is 1. The number of nitrogens with zero attached hydrogens (tertiary/aromatic N) is 6. The molecule has 2 saturated carbocycles. The molecule has 18 heteroatoms. The number of carbonyl (C=O) groups excluding carboxylic acids is 2. The Labute approximate surface area is 245 Å². The van der Waals surface area contributed by atoms with E-state index in [9.17, 15) is 35.9 Å². The number of rotatable bonds is 9. The van der Waals surface area contributed by atoms with Gasteiger partial charge in [0.15, 0.2) is 11.3 Å². The number of imidazole rings is 1. The van der Waals surface area contributed by atoms with Gasteiger partial charge in [-0.05, 0) is 30.0 Å². The van der Waals surface area contributed by atoms with Crippen molar-refractivity contribution in [3.63, 3.8) is 0 Å². The summed E-state index contributed by atoms with van der Waals surface area (Å²) >= 11 is 0. The van der Waals surface area contributed by atoms with Crippen LogP contribution in [0.3, 0.4) is 0 Å². The molecule has 6 rings (SSSR count). The van der Waals surface area contributed by atoms with Gasteiger partial charge in [0.05, 0.1) is 55.8 Å². The first-order chi connectivity index (χ1) is 20.8. The monoisotopic (exact) mass is 630 g/mol. The van der Waals surface area contributed by atoms with E-state index in [1.54, 1.807) is 0 Å². The summed E-state index contributed by atoms with van der Waals surface area (Å²) in [6.45, 7) is -1.76. The molecule has 2 N–H and O–H groups in total. The van der Waals surface area contributed by atoms with Crippen LogP contribution >= 0.6 is 0 Å². The second kappa shape index (κ2) is 10.9. The largest absolute Gasteiger partial charge is 0.382 e. The van der Waals surface area contributed by atoms with Gasteiger partial charge >= 0.3 is 6.03 Å². The van der Waals surface area contributed by atoms with Gasteiger partial charge in [0.2, 0.25) is 5.92 Å². The number of halogens is 6. The molecule has 3 aromatic heterocycles. The topological polar surface area (TPSA) is 140 Å². The molecule has 0 bridgehead atoms. The van der Waals surface area contributed by atoms with Gasteiger partial charge in [-0.1, -0.05) is 5.16 Å². The predicted molar refractivity (Wildman–Crippen MR) is 136 cm³/mol. The summed E-state index contributed by atoms with van der Waals surface area (Å²) < 4.78 is 95.0. The number of urea groups is 1. The molecule has 3 fully saturated rings. The van der Waals surface area contributed by atoms with Crippen molar-refractivity contribution < 1.29 is 45.3 Å². The third-order valence-electron chi connectivity index (χ3n) is 8.33. The fourth-order valence-electron chi connectivity index (χ4n) is 5.83. The van der Waals surface area contributed by atoms with E-state index in [4.69, 9.17) is 4.74 Å². The lowest BCUT2D eigenvalue weighted by Gasteiger charge is -2.38. The number of fused-ring (bicyclic) bond motifs is 1. The fourth-order valence-corrected chi connectivity index (χ4v) is 5.83. The number of alkyl halides is 6. The van der Waals surface area contributed by atoms with Crippen LogP contribution in [-0.2, 0) is 4.74 Å². The molecule has 1 aliphatic heterocycles. The lowest BCUT2D eigenvalue weighted by Crippen LogP contribution is -2.58. The van der Waals surface area contributed by atoms with Gasteiger partial charge < -0.3 is 20.3 Å². The van der Waals surface area contributed by atoms with Crippen molar-refractivity contribution in [3.8, 4) is 0 Å². The number of hydrogen-bond acceptors (Lipinski definition) is 8. The maximum absolute atomic E-state index is 14.2. The number of aromatic nitrogens is 5. The second-order valence-corrected chi connectivity index (χ2v) is 11.5. The third kappa shape index (κ3) is 5.90. The molecule has 1 saturated heterocycles. The molecule has 0 aromatic carbocycles. The van der Waals surface area contributed by atoms with Crippen LogP contribution in [0.1, 0.15) is 77.5 Å². The van der Waals surface area contributed by atoms with E-state index in [0.29, 0.717) is 5.56 Å². The van der Waals surface area contributed by atoms with Gasteiger partial charge in [-0.25, -0.2) is 45.3 Å². The van der Waals surface area contributed by atoms with Crippen molar-refractivity contribution in [2.24, 2.45) is 5.92 Å². The van der Waals surface area contributed by atoms with Gasteiger partial charge in [-0.2, -0.15) is 5.10 Å². The molecule has 4 heterocycles. The van der Waals surface area contributed by atoms with E-state index >= 15 is 0 Å². The van der Waals surface area contributed by atoms with Crippen molar-refractivity contribution >= 4 is 17.6 Å². The summed E-state index contributed by atoms with van der Waals surface area (Å²) in [4.78, 5) is 31.3. The zero-order valence-corrected chi connectivity index (χ0v) is 23.3. The Balaban J connectivity index is 1.31. The van der Waals surface area contributed by atoms with E-state index in [1.807, 2.05) is 0 Å². The van der Waals surface area contributed by atoms with Crippen LogP contribution in [0.15, 0.2) is 23.1 Å². The molecule has 2 aliphatic carbocycles. The minimum atomic E-state index is -3.17. The van der Waals surface area contributed by atoms with E-state index in [1.165, 1.54) is 30.1 Å². The van der Waals surface area contributed by atoms with E-state index in [-0.39, 0.29) is 36.5 Å². The molecule has 44 heavy (non-hydrogen) atoms. The zero-order valence-electron chi connectivity index (χ0n) is 23.3. The average molecular weight is 631 g/mol. The van der Waals surface area contributed by atoms with Crippen LogP contribution in [0.5, 0.6) is 0 Å².